The predicted octanol–water partition coefficient (Wildman–Crippen LogP) is 6.08. The molecule has 1 amide bonds. The van der Waals surface area contributed by atoms with E-state index in [0.29, 0.717) is 49.0 Å². The first kappa shape index (κ1) is 34.3. The Bertz CT molecular complexity index is 1850. The quantitative estimate of drug-likeness (QED) is 0.142. The van der Waals surface area contributed by atoms with Crippen molar-refractivity contribution in [3.63, 3.8) is 0 Å². The van der Waals surface area contributed by atoms with Crippen molar-refractivity contribution < 1.29 is 23.4 Å². The Morgan fingerprint density at radius 1 is 1.02 bits per heavy atom. The van der Waals surface area contributed by atoms with E-state index < -0.39 is 0 Å². The number of morpholine rings is 2. The molecule has 10 nitrogen and oxygen atoms in total. The summed E-state index contributed by atoms with van der Waals surface area (Å²) in [5, 5.41) is 4.21. The molecule has 1 N–H and O–H groups in total. The number of carbonyl (C=O) groups excluding carboxylic acids is 1. The molecule has 0 atom stereocenters. The van der Waals surface area contributed by atoms with E-state index in [9.17, 15) is 9.18 Å². The zero-order valence-electron chi connectivity index (χ0n) is 27.5. The molecule has 0 bridgehead atoms. The van der Waals surface area contributed by atoms with Crippen molar-refractivity contribution in [2.75, 3.05) is 64.5 Å². The highest BCUT2D eigenvalue weighted by molar-refractivity contribution is 6.25. The molecule has 2 saturated heterocycles. The van der Waals surface area contributed by atoms with Crippen LogP contribution in [0.3, 0.4) is 0 Å². The third-order valence-corrected chi connectivity index (χ3v) is 8.77. The maximum absolute atomic E-state index is 13.7. The number of anilines is 1. The van der Waals surface area contributed by atoms with Crippen molar-refractivity contribution in [3.8, 4) is 5.69 Å². The number of rotatable bonds is 12. The van der Waals surface area contributed by atoms with Crippen molar-refractivity contribution in [2.45, 2.75) is 20.0 Å². The third-order valence-electron chi connectivity index (χ3n) is 8.56. The van der Waals surface area contributed by atoms with Gasteiger partial charge in [0.1, 0.15) is 30.3 Å². The zero-order valence-corrected chi connectivity index (χ0v) is 28.2. The molecule has 2 fully saturated rings. The average Bonchev–Trinajstić information content (AvgIpc) is 3.58. The van der Waals surface area contributed by atoms with Crippen LogP contribution >= 0.6 is 11.6 Å². The van der Waals surface area contributed by atoms with Crippen LogP contribution in [0.15, 0.2) is 96.4 Å². The summed E-state index contributed by atoms with van der Waals surface area (Å²) in [7, 11) is 0. The number of ether oxygens (including phenoxy) is 3. The first-order valence-corrected chi connectivity index (χ1v) is 16.9. The monoisotopic (exact) mass is 686 g/mol. The number of hydrogen-bond donors (Lipinski definition) is 1. The Morgan fingerprint density at radius 2 is 1.82 bits per heavy atom. The zero-order chi connectivity index (χ0) is 34.0. The molecule has 49 heavy (non-hydrogen) atoms. The minimum absolute atomic E-state index is 0.0281. The van der Waals surface area contributed by atoms with Crippen molar-refractivity contribution >= 4 is 34.2 Å². The van der Waals surface area contributed by atoms with Crippen LogP contribution in [-0.4, -0.2) is 89.4 Å². The second kappa shape index (κ2) is 16.7. The van der Waals surface area contributed by atoms with Crippen LogP contribution in [0.25, 0.3) is 16.6 Å². The first-order chi connectivity index (χ1) is 24.0. The van der Waals surface area contributed by atoms with Gasteiger partial charge in [0.15, 0.2) is 0 Å². The van der Waals surface area contributed by atoms with Crippen LogP contribution in [0.4, 0.5) is 10.2 Å². The van der Waals surface area contributed by atoms with Crippen LogP contribution in [0, 0.1) is 5.82 Å². The maximum Gasteiger partial charge on any atom is 0.255 e. The molecule has 4 heterocycles. The number of nitrogens with one attached hydrogen (secondary N) is 1. The minimum atomic E-state index is -0.323. The van der Waals surface area contributed by atoms with Gasteiger partial charge in [-0.2, -0.15) is 0 Å². The summed E-state index contributed by atoms with van der Waals surface area (Å²) in [6, 6.07) is 12.2. The van der Waals surface area contributed by atoms with Gasteiger partial charge in [-0.15, -0.1) is 0 Å². The lowest BCUT2D eigenvalue weighted by Gasteiger charge is -2.28. The molecule has 6 rings (SSSR count). The standard InChI is InChI=1S/C37H40ClFN6O4/c1-2-30(6-8-32(22-38)49-25-27-4-3-5-29(39)20-27)42-36-33-21-31(7-9-35(33)40-26-41-36)45-23-28(10-11-43-12-16-47-17-13-43)34(24-45)37(46)44-14-18-48-19-15-44/h2-9,20-24,26H,10-19,25H2,1H3,(H,40,41,42)/b8-6-,30-2+,32-22-. The number of hydrogen-bond acceptors (Lipinski definition) is 8. The highest BCUT2D eigenvalue weighted by atomic mass is 35.5. The Morgan fingerprint density at radius 3 is 2.57 bits per heavy atom. The fraction of sp³-hybridized carbons (Fsp3) is 0.324. The van der Waals surface area contributed by atoms with Gasteiger partial charge >= 0.3 is 0 Å². The van der Waals surface area contributed by atoms with Crippen molar-refractivity contribution in [2.24, 2.45) is 0 Å². The number of aromatic nitrogens is 3. The number of allylic oxidation sites excluding steroid dienone is 3. The smallest absolute Gasteiger partial charge is 0.255 e. The summed E-state index contributed by atoms with van der Waals surface area (Å²) in [6.45, 7) is 8.44. The molecular formula is C37H40ClFN6O4. The summed E-state index contributed by atoms with van der Waals surface area (Å²) >= 11 is 6.03. The van der Waals surface area contributed by atoms with Crippen LogP contribution in [0.5, 0.6) is 0 Å². The molecule has 0 spiro atoms. The Hall–Kier alpha value is -4.55. The van der Waals surface area contributed by atoms with E-state index in [-0.39, 0.29) is 18.3 Å². The van der Waals surface area contributed by atoms with E-state index in [1.807, 2.05) is 52.9 Å². The van der Waals surface area contributed by atoms with Gasteiger partial charge in [-0.05, 0) is 67.0 Å². The largest absolute Gasteiger partial charge is 0.488 e. The molecule has 12 heteroatoms. The predicted molar refractivity (Wildman–Crippen MR) is 188 cm³/mol. The number of halogens is 2. The summed E-state index contributed by atoms with van der Waals surface area (Å²) < 4.78 is 32.4. The molecular weight excluding hydrogens is 647 g/mol. The van der Waals surface area contributed by atoms with E-state index >= 15 is 0 Å². The summed E-state index contributed by atoms with van der Waals surface area (Å²) in [5.74, 6) is 0.740. The second-order valence-electron chi connectivity index (χ2n) is 11.8. The summed E-state index contributed by atoms with van der Waals surface area (Å²) in [4.78, 5) is 27.0. The number of fused-ring (bicyclic) bond motifs is 1. The maximum atomic E-state index is 13.7. The lowest BCUT2D eigenvalue weighted by molar-refractivity contribution is 0.0300. The number of amides is 1. The molecule has 0 radical (unpaired) electrons. The Balaban J connectivity index is 1.22. The molecule has 2 aromatic heterocycles. The molecule has 0 aliphatic carbocycles. The molecule has 2 aromatic carbocycles. The SMILES string of the molecule is C\C=C(/C=C\C(=C\Cl)OCc1cccc(F)c1)Nc1ncnc2ccc(-n3cc(CCN4CCOCC4)c(C(=O)N4CCOCC4)c3)cc12. The molecule has 4 aromatic rings. The van der Waals surface area contributed by atoms with E-state index in [1.165, 1.54) is 24.0 Å². The van der Waals surface area contributed by atoms with Crippen LogP contribution in [0.2, 0.25) is 0 Å². The minimum Gasteiger partial charge on any atom is -0.488 e. The van der Waals surface area contributed by atoms with Gasteiger partial charge in [0.05, 0.1) is 37.5 Å². The van der Waals surface area contributed by atoms with E-state index in [0.717, 1.165) is 67.1 Å². The molecule has 256 valence electrons. The molecule has 0 saturated carbocycles. The highest BCUT2D eigenvalue weighted by Gasteiger charge is 2.24. The lowest BCUT2D eigenvalue weighted by Crippen LogP contribution is -2.41. The topological polar surface area (TPSA) is 94.0 Å². The van der Waals surface area contributed by atoms with Crippen LogP contribution in [0.1, 0.15) is 28.4 Å². The molecule has 0 unspecified atom stereocenters. The summed E-state index contributed by atoms with van der Waals surface area (Å²) in [6.07, 6.45) is 11.7. The van der Waals surface area contributed by atoms with Crippen molar-refractivity contribution in [1.29, 1.82) is 0 Å². The number of benzene rings is 2. The number of nitrogens with zero attached hydrogens (tertiary/aromatic N) is 5. The van der Waals surface area contributed by atoms with Crippen LogP contribution in [-0.2, 0) is 27.2 Å². The lowest BCUT2D eigenvalue weighted by atomic mass is 10.1. The second-order valence-corrected chi connectivity index (χ2v) is 12.0. The van der Waals surface area contributed by atoms with Crippen molar-refractivity contribution in [3.05, 3.63) is 119 Å². The third kappa shape index (κ3) is 8.93. The molecule has 2 aliphatic rings. The summed E-state index contributed by atoms with van der Waals surface area (Å²) in [5.41, 5.74) is 6.15. The Kier molecular flexibility index (Phi) is 11.7. The van der Waals surface area contributed by atoms with Gasteiger partial charge in [-0.1, -0.05) is 29.8 Å². The fourth-order valence-electron chi connectivity index (χ4n) is 5.81. The van der Waals surface area contributed by atoms with E-state index in [1.54, 1.807) is 18.2 Å². The normalized spacial score (nSPS) is 16.4. The average molecular weight is 687 g/mol. The number of carbonyl (C=O) groups is 1. The van der Waals surface area contributed by atoms with E-state index in [4.69, 9.17) is 25.8 Å². The van der Waals surface area contributed by atoms with Gasteiger partial charge < -0.3 is 29.0 Å². The molecule has 2 aliphatic heterocycles. The van der Waals surface area contributed by atoms with Gasteiger partial charge in [0, 0.05) is 67.4 Å². The Labute approximate surface area is 290 Å². The van der Waals surface area contributed by atoms with Gasteiger partial charge in [-0.3, -0.25) is 9.69 Å². The van der Waals surface area contributed by atoms with E-state index in [2.05, 4.69) is 26.4 Å². The highest BCUT2D eigenvalue weighted by Crippen LogP contribution is 2.26. The van der Waals surface area contributed by atoms with Gasteiger partial charge in [-0.25, -0.2) is 14.4 Å². The fourth-order valence-corrected chi connectivity index (χ4v) is 5.95. The van der Waals surface area contributed by atoms with Gasteiger partial charge in [0.2, 0.25) is 0 Å². The van der Waals surface area contributed by atoms with Crippen molar-refractivity contribution in [1.82, 2.24) is 24.3 Å². The van der Waals surface area contributed by atoms with Crippen LogP contribution < -0.4 is 5.32 Å². The first-order valence-electron chi connectivity index (χ1n) is 16.4. The van der Waals surface area contributed by atoms with Gasteiger partial charge in [0.25, 0.3) is 5.91 Å².